The summed E-state index contributed by atoms with van der Waals surface area (Å²) in [6.07, 6.45) is 0. The van der Waals surface area contributed by atoms with Crippen LogP contribution in [0.25, 0.3) is 10.9 Å². The zero-order chi connectivity index (χ0) is 21.3. The van der Waals surface area contributed by atoms with Gasteiger partial charge in [-0.2, -0.15) is 0 Å². The van der Waals surface area contributed by atoms with Crippen molar-refractivity contribution in [2.24, 2.45) is 0 Å². The molecule has 29 heavy (non-hydrogen) atoms. The second kappa shape index (κ2) is 8.23. The van der Waals surface area contributed by atoms with Crippen LogP contribution in [0.15, 0.2) is 36.4 Å². The number of hydrogen-bond donors (Lipinski definition) is 3. The van der Waals surface area contributed by atoms with Crippen LogP contribution < -0.4 is 5.32 Å². The first-order chi connectivity index (χ1) is 13.8. The summed E-state index contributed by atoms with van der Waals surface area (Å²) in [6, 6.07) is 8.57. The maximum absolute atomic E-state index is 14.1. The number of phenolic OH excluding ortho intramolecular Hbond substituents is 1. The number of rotatable bonds is 5. The van der Waals surface area contributed by atoms with E-state index < -0.39 is 23.4 Å². The van der Waals surface area contributed by atoms with Gasteiger partial charge in [0.2, 0.25) is 5.91 Å². The van der Waals surface area contributed by atoms with Crippen LogP contribution in [0.3, 0.4) is 0 Å². The van der Waals surface area contributed by atoms with Gasteiger partial charge in [-0.15, -0.1) is 0 Å². The molecule has 0 aliphatic heterocycles. The van der Waals surface area contributed by atoms with Crippen molar-refractivity contribution in [1.82, 2.24) is 9.88 Å². The minimum atomic E-state index is -0.871. The number of aromatic hydroxyl groups is 1. The van der Waals surface area contributed by atoms with Gasteiger partial charge in [0.25, 0.3) is 5.91 Å². The van der Waals surface area contributed by atoms with Gasteiger partial charge in [0.15, 0.2) is 11.6 Å². The number of nitrogens with zero attached hydrogens (tertiary/aromatic N) is 1. The molecule has 0 bridgehead atoms. The SMILES string of the molecule is Cc1c(C(C)C(=O)NCCO)c2cc(O)c(F)cc2n1C(=O)c1ccc(Cl)cc1. The summed E-state index contributed by atoms with van der Waals surface area (Å²) < 4.78 is 15.4. The molecule has 0 fully saturated rings. The second-order valence-corrected chi connectivity index (χ2v) is 7.14. The fourth-order valence-electron chi connectivity index (χ4n) is 3.44. The van der Waals surface area contributed by atoms with Crippen LogP contribution in [-0.2, 0) is 4.79 Å². The quantitative estimate of drug-likeness (QED) is 0.592. The van der Waals surface area contributed by atoms with Crippen LogP contribution in [-0.4, -0.2) is 39.7 Å². The first-order valence-corrected chi connectivity index (χ1v) is 9.36. The Hall–Kier alpha value is -2.90. The van der Waals surface area contributed by atoms with Crippen molar-refractivity contribution in [3.63, 3.8) is 0 Å². The average molecular weight is 419 g/mol. The molecule has 3 N–H and O–H groups in total. The highest BCUT2D eigenvalue weighted by Gasteiger charge is 2.27. The van der Waals surface area contributed by atoms with Crippen LogP contribution in [0, 0.1) is 12.7 Å². The van der Waals surface area contributed by atoms with Crippen LogP contribution in [0.4, 0.5) is 4.39 Å². The Labute approximate surface area is 171 Å². The average Bonchev–Trinajstić information content (AvgIpc) is 2.96. The zero-order valence-electron chi connectivity index (χ0n) is 15.9. The molecule has 6 nitrogen and oxygen atoms in total. The Morgan fingerprint density at radius 3 is 2.52 bits per heavy atom. The summed E-state index contributed by atoms with van der Waals surface area (Å²) in [5.41, 5.74) is 1.53. The maximum Gasteiger partial charge on any atom is 0.262 e. The number of carbonyl (C=O) groups is 2. The Morgan fingerprint density at radius 2 is 1.90 bits per heavy atom. The molecule has 1 amide bonds. The third kappa shape index (κ3) is 3.83. The van der Waals surface area contributed by atoms with Crippen molar-refractivity contribution < 1.29 is 24.2 Å². The maximum atomic E-state index is 14.1. The topological polar surface area (TPSA) is 91.6 Å². The van der Waals surface area contributed by atoms with Crippen molar-refractivity contribution in [3.05, 3.63) is 64.1 Å². The van der Waals surface area contributed by atoms with Gasteiger partial charge in [0.05, 0.1) is 18.0 Å². The number of fused-ring (bicyclic) bond motifs is 1. The molecule has 0 aliphatic rings. The Bertz CT molecular complexity index is 1090. The molecule has 1 aromatic heterocycles. The molecular weight excluding hydrogens is 399 g/mol. The van der Waals surface area contributed by atoms with Gasteiger partial charge in [0.1, 0.15) is 0 Å². The van der Waals surface area contributed by atoms with Gasteiger partial charge in [0, 0.05) is 34.3 Å². The normalized spacial score (nSPS) is 12.2. The van der Waals surface area contributed by atoms with E-state index in [-0.39, 0.29) is 24.6 Å². The van der Waals surface area contributed by atoms with Gasteiger partial charge in [-0.3, -0.25) is 14.2 Å². The minimum Gasteiger partial charge on any atom is -0.505 e. The van der Waals surface area contributed by atoms with E-state index >= 15 is 0 Å². The van der Waals surface area contributed by atoms with Crippen LogP contribution >= 0.6 is 11.6 Å². The van der Waals surface area contributed by atoms with E-state index in [9.17, 15) is 19.1 Å². The Balaban J connectivity index is 2.21. The smallest absolute Gasteiger partial charge is 0.262 e. The van der Waals surface area contributed by atoms with E-state index in [1.165, 1.54) is 10.6 Å². The molecule has 2 aromatic carbocycles. The van der Waals surface area contributed by atoms with E-state index in [1.54, 1.807) is 38.1 Å². The molecule has 0 saturated carbocycles. The number of halogens is 2. The number of aromatic nitrogens is 1. The highest BCUT2D eigenvalue weighted by Crippen LogP contribution is 2.36. The molecule has 0 aliphatic carbocycles. The van der Waals surface area contributed by atoms with E-state index in [0.29, 0.717) is 27.2 Å². The molecule has 0 radical (unpaired) electrons. The fourth-order valence-corrected chi connectivity index (χ4v) is 3.57. The highest BCUT2D eigenvalue weighted by molar-refractivity contribution is 6.30. The van der Waals surface area contributed by atoms with E-state index in [0.717, 1.165) is 6.07 Å². The predicted octanol–water partition coefficient (Wildman–Crippen LogP) is 3.35. The van der Waals surface area contributed by atoms with Crippen LogP contribution in [0.1, 0.15) is 34.5 Å². The lowest BCUT2D eigenvalue weighted by atomic mass is 9.97. The number of phenols is 1. The second-order valence-electron chi connectivity index (χ2n) is 6.70. The van der Waals surface area contributed by atoms with Gasteiger partial charge in [-0.25, -0.2) is 4.39 Å². The Kier molecular flexibility index (Phi) is 5.91. The highest BCUT2D eigenvalue weighted by atomic mass is 35.5. The van der Waals surface area contributed by atoms with Crippen molar-refractivity contribution in [2.75, 3.05) is 13.2 Å². The molecule has 1 atom stereocenters. The van der Waals surface area contributed by atoms with Gasteiger partial charge in [-0.05, 0) is 49.7 Å². The fraction of sp³-hybridized carbons (Fsp3) is 0.238. The summed E-state index contributed by atoms with van der Waals surface area (Å²) in [5, 5.41) is 22.3. The van der Waals surface area contributed by atoms with E-state index in [2.05, 4.69) is 5.32 Å². The first-order valence-electron chi connectivity index (χ1n) is 8.98. The largest absolute Gasteiger partial charge is 0.505 e. The van der Waals surface area contributed by atoms with Crippen molar-refractivity contribution in [2.45, 2.75) is 19.8 Å². The predicted molar refractivity (Wildman–Crippen MR) is 108 cm³/mol. The van der Waals surface area contributed by atoms with Crippen LogP contribution in [0.5, 0.6) is 5.75 Å². The standard InChI is InChI=1S/C21H20ClFN2O4/c1-11(20(28)24-7-8-26)19-12(2)25(17-10-16(23)18(27)9-15(17)19)21(29)13-3-5-14(22)6-4-13/h3-6,9-11,26-27H,7-8H2,1-2H3,(H,24,28). The minimum absolute atomic E-state index is 0.0877. The molecule has 152 valence electrons. The molecular formula is C21H20ClFN2O4. The molecule has 8 heteroatoms. The first kappa shape index (κ1) is 20.8. The van der Waals surface area contributed by atoms with Crippen molar-refractivity contribution >= 4 is 34.3 Å². The van der Waals surface area contributed by atoms with Crippen molar-refractivity contribution in [3.8, 4) is 5.75 Å². The summed E-state index contributed by atoms with van der Waals surface area (Å²) in [6.45, 7) is 3.19. The van der Waals surface area contributed by atoms with Gasteiger partial charge in [-0.1, -0.05) is 11.6 Å². The lowest BCUT2D eigenvalue weighted by molar-refractivity contribution is -0.122. The third-order valence-electron chi connectivity index (χ3n) is 4.85. The number of benzene rings is 2. The lowest BCUT2D eigenvalue weighted by Gasteiger charge is -2.13. The van der Waals surface area contributed by atoms with E-state index in [1.807, 2.05) is 0 Å². The van der Waals surface area contributed by atoms with Gasteiger partial charge >= 0.3 is 0 Å². The summed E-state index contributed by atoms with van der Waals surface area (Å²) in [4.78, 5) is 25.6. The molecule has 3 rings (SSSR count). The monoisotopic (exact) mass is 418 g/mol. The Morgan fingerprint density at radius 1 is 1.24 bits per heavy atom. The lowest BCUT2D eigenvalue weighted by Crippen LogP contribution is -2.30. The zero-order valence-corrected chi connectivity index (χ0v) is 16.6. The number of amides is 1. The number of aliphatic hydroxyl groups is 1. The van der Waals surface area contributed by atoms with Crippen LogP contribution in [0.2, 0.25) is 5.02 Å². The number of nitrogens with one attached hydrogen (secondary N) is 1. The molecule has 0 saturated heterocycles. The van der Waals surface area contributed by atoms with Gasteiger partial charge < -0.3 is 15.5 Å². The number of aliphatic hydroxyl groups excluding tert-OH is 1. The number of hydrogen-bond acceptors (Lipinski definition) is 4. The summed E-state index contributed by atoms with van der Waals surface area (Å²) >= 11 is 5.89. The summed E-state index contributed by atoms with van der Waals surface area (Å²) in [5.74, 6) is -2.91. The van der Waals surface area contributed by atoms with Crippen molar-refractivity contribution in [1.29, 1.82) is 0 Å². The molecule has 0 spiro atoms. The molecule has 1 unspecified atom stereocenters. The number of carbonyl (C=O) groups excluding carboxylic acids is 2. The third-order valence-corrected chi connectivity index (χ3v) is 5.10. The molecule has 1 heterocycles. The summed E-state index contributed by atoms with van der Waals surface area (Å²) in [7, 11) is 0. The molecule has 3 aromatic rings. The van der Waals surface area contributed by atoms with E-state index in [4.69, 9.17) is 16.7 Å².